The molecule has 0 bridgehead atoms. The van der Waals surface area contributed by atoms with Crippen molar-refractivity contribution in [3.63, 3.8) is 0 Å². The molecule has 0 saturated carbocycles. The van der Waals surface area contributed by atoms with Crippen molar-refractivity contribution in [1.82, 2.24) is 0 Å². The average Bonchev–Trinajstić information content (AvgIpc) is 0. The molecule has 0 amide bonds. The minimum atomic E-state index is 0. The average molecular weight is 258 g/mol. The molecule has 0 aromatic carbocycles. The van der Waals surface area contributed by atoms with E-state index in [4.69, 9.17) is 0 Å². The van der Waals surface area contributed by atoms with Crippen molar-refractivity contribution in [1.29, 1.82) is 0 Å². The first-order chi connectivity index (χ1) is 0. The molecule has 0 saturated heterocycles. The smallest absolute Gasteiger partial charge is 2.00 e. The molecule has 3 nitrogen and oxygen atoms in total. The van der Waals surface area contributed by atoms with E-state index in [2.05, 4.69) is 0 Å². The van der Waals surface area contributed by atoms with Crippen LogP contribution in [-0.2, 0) is 16.4 Å². The summed E-state index contributed by atoms with van der Waals surface area (Å²) >= 11 is 0. The van der Waals surface area contributed by atoms with Crippen molar-refractivity contribution in [2.75, 3.05) is 0 Å². The molecule has 0 atom stereocenters. The van der Waals surface area contributed by atoms with Crippen LogP contribution in [0.1, 0.15) is 0 Å². The molecule has 0 aromatic rings. The van der Waals surface area contributed by atoms with E-state index in [0.717, 1.165) is 0 Å². The maximum Gasteiger partial charge on any atom is 4.00 e. The summed E-state index contributed by atoms with van der Waals surface area (Å²) in [4.78, 5) is 0. The Morgan fingerprint density at radius 1 is 0.600 bits per heavy atom. The maximum atomic E-state index is 0. The fourth-order valence-electron chi connectivity index (χ4n) is 0. The third-order valence-corrected chi connectivity index (χ3v) is 0. The van der Waals surface area contributed by atoms with Crippen LogP contribution >= 0.6 is 0 Å². The second kappa shape index (κ2) is 37.6. The summed E-state index contributed by atoms with van der Waals surface area (Å²) in [6.45, 7) is 0. The normalized spacial score (nSPS) is 0. The van der Waals surface area contributed by atoms with Crippen LogP contribution in [0.3, 0.4) is 0 Å². The standard InChI is InChI=1S/Ba.Ge.3O/q+2;+4;3*-2. The van der Waals surface area contributed by atoms with Gasteiger partial charge in [0.25, 0.3) is 0 Å². The van der Waals surface area contributed by atoms with Crippen molar-refractivity contribution in [2.45, 2.75) is 0 Å². The first-order valence-corrected chi connectivity index (χ1v) is 0. The van der Waals surface area contributed by atoms with E-state index >= 15 is 0 Å². The zero-order valence-electron chi connectivity index (χ0n) is 2.43. The van der Waals surface area contributed by atoms with E-state index in [1.54, 1.807) is 0 Å². The third-order valence-electron chi connectivity index (χ3n) is 0. The Balaban J connectivity index is 0. The minimum absolute atomic E-state index is 0. The molecule has 0 heterocycles. The molecule has 0 N–H and O–H groups in total. The van der Waals surface area contributed by atoms with E-state index in [1.807, 2.05) is 0 Å². The molecular weight excluding hydrogens is 258 g/mol. The van der Waals surface area contributed by atoms with Gasteiger partial charge < -0.3 is 16.4 Å². The predicted molar refractivity (Wildman–Crippen MR) is 13.6 cm³/mol. The molecule has 0 aliphatic rings. The summed E-state index contributed by atoms with van der Waals surface area (Å²) in [5.74, 6) is 0. The largest absolute Gasteiger partial charge is 4.00 e. The first kappa shape index (κ1) is 63.2. The van der Waals surface area contributed by atoms with Gasteiger partial charge in [-0.05, 0) is 0 Å². The molecule has 0 radical (unpaired) electrons. The van der Waals surface area contributed by atoms with Crippen molar-refractivity contribution in [3.8, 4) is 0 Å². The second-order valence-corrected chi connectivity index (χ2v) is 0. The van der Waals surface area contributed by atoms with Crippen LogP contribution in [-0.4, -0.2) is 66.5 Å². The summed E-state index contributed by atoms with van der Waals surface area (Å²) in [5.41, 5.74) is 0. The van der Waals surface area contributed by atoms with Crippen molar-refractivity contribution < 1.29 is 16.4 Å². The van der Waals surface area contributed by atoms with Crippen LogP contribution in [0.25, 0.3) is 0 Å². The SMILES string of the molecule is [Ba+2].[Ge+4].[O-2].[O-2].[O-2]. The molecule has 0 aliphatic heterocycles. The van der Waals surface area contributed by atoms with Gasteiger partial charge in [-0.2, -0.15) is 0 Å². The Bertz CT molecular complexity index is 6.85. The van der Waals surface area contributed by atoms with E-state index < -0.39 is 0 Å². The summed E-state index contributed by atoms with van der Waals surface area (Å²) in [6.07, 6.45) is 0. The zero-order chi connectivity index (χ0) is 0. The summed E-state index contributed by atoms with van der Waals surface area (Å²) < 4.78 is 0. The van der Waals surface area contributed by atoms with E-state index in [1.165, 1.54) is 0 Å². The molecule has 0 unspecified atom stereocenters. The van der Waals surface area contributed by atoms with Gasteiger partial charge in [0.05, 0.1) is 0 Å². The van der Waals surface area contributed by atoms with Crippen LogP contribution in [0.15, 0.2) is 0 Å². The van der Waals surface area contributed by atoms with Gasteiger partial charge in [-0.15, -0.1) is 0 Å². The molecular formula is BaGeO3. The topological polar surface area (TPSA) is 85.5 Å². The summed E-state index contributed by atoms with van der Waals surface area (Å²) in [6, 6.07) is 0. The van der Waals surface area contributed by atoms with Crippen LogP contribution in [0, 0.1) is 0 Å². The van der Waals surface area contributed by atoms with Crippen molar-refractivity contribution >= 4 is 66.5 Å². The van der Waals surface area contributed by atoms with Crippen molar-refractivity contribution in [2.24, 2.45) is 0 Å². The van der Waals surface area contributed by atoms with Gasteiger partial charge in [-0.3, -0.25) is 0 Å². The van der Waals surface area contributed by atoms with E-state index in [9.17, 15) is 0 Å². The Morgan fingerprint density at radius 2 is 0.600 bits per heavy atom. The first-order valence-electron chi connectivity index (χ1n) is 0. The van der Waals surface area contributed by atoms with Gasteiger partial charge in [0.1, 0.15) is 0 Å². The summed E-state index contributed by atoms with van der Waals surface area (Å²) in [5, 5.41) is 0. The van der Waals surface area contributed by atoms with Gasteiger partial charge in [-0.1, -0.05) is 0 Å². The predicted octanol–water partition coefficient (Wildman–Crippen LogP) is -1.12. The number of hydrogen-bond donors (Lipinski definition) is 0. The Kier molecular flexibility index (Phi) is 475. The minimum Gasteiger partial charge on any atom is -2.00 e. The van der Waals surface area contributed by atoms with Crippen LogP contribution in [0.2, 0.25) is 0 Å². The van der Waals surface area contributed by atoms with Crippen LogP contribution in [0.4, 0.5) is 0 Å². The quantitative estimate of drug-likeness (QED) is 0.493. The molecule has 0 aromatic heterocycles. The van der Waals surface area contributed by atoms with E-state index in [0.29, 0.717) is 0 Å². The van der Waals surface area contributed by atoms with Crippen LogP contribution < -0.4 is 0 Å². The molecule has 0 fully saturated rings. The fraction of sp³-hybridized carbons (Fsp3) is 0. The molecule has 5 heteroatoms. The fourth-order valence-corrected chi connectivity index (χ4v) is 0. The van der Waals surface area contributed by atoms with Gasteiger partial charge in [0, 0.05) is 0 Å². The van der Waals surface area contributed by atoms with Gasteiger partial charge in [0.15, 0.2) is 0 Å². The van der Waals surface area contributed by atoms with E-state index in [-0.39, 0.29) is 82.9 Å². The molecule has 5 heavy (non-hydrogen) atoms. The third kappa shape index (κ3) is 24.0. The molecule has 0 rings (SSSR count). The van der Waals surface area contributed by atoms with Crippen molar-refractivity contribution in [3.05, 3.63) is 0 Å². The Morgan fingerprint density at radius 3 is 0.600 bits per heavy atom. The summed E-state index contributed by atoms with van der Waals surface area (Å²) in [7, 11) is 0. The molecule has 0 spiro atoms. The van der Waals surface area contributed by atoms with Gasteiger partial charge >= 0.3 is 66.5 Å². The Hall–Kier alpha value is 1.99. The number of rotatable bonds is 0. The van der Waals surface area contributed by atoms with Gasteiger partial charge in [0.2, 0.25) is 0 Å². The second-order valence-electron chi connectivity index (χ2n) is 0. The monoisotopic (exact) mass is 260 g/mol. The molecule has 0 aliphatic carbocycles. The molecule has 24 valence electrons. The van der Waals surface area contributed by atoms with Crippen LogP contribution in [0.5, 0.6) is 0 Å². The van der Waals surface area contributed by atoms with Gasteiger partial charge in [-0.25, -0.2) is 0 Å². The zero-order valence-corrected chi connectivity index (χ0v) is 8.97. The Labute approximate surface area is 81.5 Å². The number of hydrogen-bond acceptors (Lipinski definition) is 0. The maximum absolute atomic E-state index is 0.